The van der Waals surface area contributed by atoms with Crippen molar-refractivity contribution in [1.29, 1.82) is 0 Å². The Morgan fingerprint density at radius 3 is 2.84 bits per heavy atom. The van der Waals surface area contributed by atoms with Gasteiger partial charge in [-0.25, -0.2) is 4.98 Å². The lowest BCUT2D eigenvalue weighted by Crippen LogP contribution is -2.42. The molecule has 2 atom stereocenters. The molecule has 0 saturated carbocycles. The molecule has 1 aliphatic rings. The Morgan fingerprint density at radius 1 is 1.26 bits per heavy atom. The number of carbonyl (C=O) groups excluding carboxylic acids is 1. The molecule has 1 aliphatic heterocycles. The summed E-state index contributed by atoms with van der Waals surface area (Å²) in [7, 11) is 1.74. The third-order valence-electron chi connectivity index (χ3n) is 5.94. The first-order valence-corrected chi connectivity index (χ1v) is 11.6. The first-order chi connectivity index (χ1) is 15.2. The number of hydrogen-bond donors (Lipinski definition) is 1. The molecule has 0 aliphatic carbocycles. The molecule has 1 N–H and O–H groups in total. The molecule has 1 fully saturated rings. The lowest BCUT2D eigenvalue weighted by Gasteiger charge is -2.37. The second kappa shape index (κ2) is 10.1. The van der Waals surface area contributed by atoms with E-state index in [-0.39, 0.29) is 11.9 Å². The summed E-state index contributed by atoms with van der Waals surface area (Å²) in [6, 6.07) is 15.6. The summed E-state index contributed by atoms with van der Waals surface area (Å²) in [6.45, 7) is 4.89. The van der Waals surface area contributed by atoms with Gasteiger partial charge in [0.05, 0.1) is 13.2 Å². The van der Waals surface area contributed by atoms with Crippen molar-refractivity contribution >= 4 is 17.2 Å². The molecule has 2 heterocycles. The zero-order valence-electron chi connectivity index (χ0n) is 18.1. The molecule has 2 aromatic carbocycles. The van der Waals surface area contributed by atoms with Crippen molar-refractivity contribution in [1.82, 2.24) is 15.2 Å². The number of nitrogens with zero attached hydrogens (tertiary/aromatic N) is 2. The monoisotopic (exact) mass is 435 g/mol. The number of rotatable bonds is 7. The first-order valence-electron chi connectivity index (χ1n) is 10.8. The number of carbonyl (C=O) groups is 1. The molecule has 3 aromatic rings. The summed E-state index contributed by atoms with van der Waals surface area (Å²) in [4.78, 5) is 19.9. The number of piperidine rings is 1. The zero-order chi connectivity index (χ0) is 21.6. The van der Waals surface area contributed by atoms with Gasteiger partial charge in [0.25, 0.3) is 5.91 Å². The maximum atomic E-state index is 12.9. The molecule has 0 unspecified atom stereocenters. The van der Waals surface area contributed by atoms with Crippen molar-refractivity contribution < 1.29 is 9.53 Å². The topological polar surface area (TPSA) is 54.5 Å². The van der Waals surface area contributed by atoms with Crippen LogP contribution < -0.4 is 10.1 Å². The second-order valence-electron chi connectivity index (χ2n) is 8.09. The summed E-state index contributed by atoms with van der Waals surface area (Å²) in [5.41, 5.74) is 3.05. The largest absolute Gasteiger partial charge is 0.496 e. The molecular formula is C25H29N3O2S. The molecule has 31 heavy (non-hydrogen) atoms. The van der Waals surface area contributed by atoms with Crippen LogP contribution in [0.5, 0.6) is 5.75 Å². The van der Waals surface area contributed by atoms with Crippen LogP contribution in [-0.4, -0.2) is 36.0 Å². The Morgan fingerprint density at radius 2 is 2.10 bits per heavy atom. The van der Waals surface area contributed by atoms with Gasteiger partial charge in [0.15, 0.2) is 0 Å². The van der Waals surface area contributed by atoms with Crippen LogP contribution in [0.3, 0.4) is 0 Å². The minimum Gasteiger partial charge on any atom is -0.496 e. The van der Waals surface area contributed by atoms with Gasteiger partial charge in [-0.15, -0.1) is 11.3 Å². The van der Waals surface area contributed by atoms with Crippen LogP contribution in [0.1, 0.15) is 45.4 Å². The smallest absolute Gasteiger partial charge is 0.251 e. The molecule has 0 bridgehead atoms. The number of amides is 1. The number of methoxy groups -OCH3 is 1. The van der Waals surface area contributed by atoms with Crippen LogP contribution >= 0.6 is 11.3 Å². The number of aryl methyl sites for hydroxylation is 1. The van der Waals surface area contributed by atoms with Gasteiger partial charge >= 0.3 is 0 Å². The Kier molecular flexibility index (Phi) is 6.99. The van der Waals surface area contributed by atoms with Gasteiger partial charge in [-0.05, 0) is 49.9 Å². The highest BCUT2D eigenvalue weighted by Gasteiger charge is 2.31. The van der Waals surface area contributed by atoms with Crippen molar-refractivity contribution in [2.75, 3.05) is 20.2 Å². The molecule has 5 nitrogen and oxygen atoms in total. The van der Waals surface area contributed by atoms with Crippen LogP contribution in [0.2, 0.25) is 0 Å². The SMILES string of the molecule is COc1c(C)cccc1CN1CCC[C@@H]([C@H](NC(=O)c2ccccc2)c2nccs2)C1. The Balaban J connectivity index is 1.51. The summed E-state index contributed by atoms with van der Waals surface area (Å²) >= 11 is 1.61. The number of para-hydroxylation sites is 1. The summed E-state index contributed by atoms with van der Waals surface area (Å²) < 4.78 is 5.66. The molecule has 1 aromatic heterocycles. The number of aromatic nitrogens is 1. The minimum absolute atomic E-state index is 0.0433. The predicted octanol–water partition coefficient (Wildman–Crippen LogP) is 4.84. The fourth-order valence-electron chi connectivity index (χ4n) is 4.46. The van der Waals surface area contributed by atoms with Gasteiger partial charge in [-0.3, -0.25) is 9.69 Å². The van der Waals surface area contributed by atoms with Crippen LogP contribution in [0.15, 0.2) is 60.1 Å². The van der Waals surface area contributed by atoms with Gasteiger partial charge < -0.3 is 10.1 Å². The van der Waals surface area contributed by atoms with Crippen LogP contribution in [0.25, 0.3) is 0 Å². The molecule has 1 saturated heterocycles. The number of benzene rings is 2. The van der Waals surface area contributed by atoms with E-state index in [1.54, 1.807) is 18.4 Å². The van der Waals surface area contributed by atoms with E-state index in [4.69, 9.17) is 4.74 Å². The van der Waals surface area contributed by atoms with Gasteiger partial charge in [0, 0.05) is 35.8 Å². The number of ether oxygens (including phenoxy) is 1. The predicted molar refractivity (Wildman–Crippen MR) is 124 cm³/mol. The average molecular weight is 436 g/mol. The fraction of sp³-hybridized carbons (Fsp3) is 0.360. The van der Waals surface area contributed by atoms with Crippen LogP contribution in [-0.2, 0) is 6.54 Å². The number of hydrogen-bond acceptors (Lipinski definition) is 5. The highest BCUT2D eigenvalue weighted by Crippen LogP contribution is 2.33. The number of likely N-dealkylation sites (tertiary alicyclic amines) is 1. The minimum atomic E-state index is -0.0880. The lowest BCUT2D eigenvalue weighted by molar-refractivity contribution is 0.0877. The van der Waals surface area contributed by atoms with Gasteiger partial charge in [0.2, 0.25) is 0 Å². The lowest BCUT2D eigenvalue weighted by atomic mass is 9.90. The van der Waals surface area contributed by atoms with Crippen molar-refractivity contribution in [3.05, 3.63) is 81.8 Å². The average Bonchev–Trinajstić information content (AvgIpc) is 3.33. The van der Waals surface area contributed by atoms with E-state index in [1.807, 2.05) is 41.9 Å². The molecule has 1 amide bonds. The van der Waals surface area contributed by atoms with E-state index in [0.29, 0.717) is 11.5 Å². The molecule has 162 valence electrons. The van der Waals surface area contributed by atoms with Crippen molar-refractivity contribution in [2.24, 2.45) is 5.92 Å². The number of thiazole rings is 1. The van der Waals surface area contributed by atoms with Crippen molar-refractivity contribution in [3.63, 3.8) is 0 Å². The maximum absolute atomic E-state index is 12.9. The van der Waals surface area contributed by atoms with Crippen LogP contribution in [0.4, 0.5) is 0 Å². The van der Waals surface area contributed by atoms with E-state index >= 15 is 0 Å². The Labute approximate surface area is 188 Å². The molecule has 0 spiro atoms. The Bertz CT molecular complexity index is 991. The molecule has 6 heteroatoms. The van der Waals surface area contributed by atoms with Crippen molar-refractivity contribution in [2.45, 2.75) is 32.4 Å². The van der Waals surface area contributed by atoms with E-state index in [1.165, 1.54) is 5.56 Å². The third-order valence-corrected chi connectivity index (χ3v) is 6.80. The summed E-state index contributed by atoms with van der Waals surface area (Å²) in [5.74, 6) is 1.24. The van der Waals surface area contributed by atoms with Crippen molar-refractivity contribution in [3.8, 4) is 5.75 Å². The molecule has 0 radical (unpaired) electrons. The summed E-state index contributed by atoms with van der Waals surface area (Å²) in [5, 5.41) is 6.24. The van der Waals surface area contributed by atoms with Crippen LogP contribution in [0, 0.1) is 12.8 Å². The quantitative estimate of drug-likeness (QED) is 0.577. The maximum Gasteiger partial charge on any atom is 0.251 e. The van der Waals surface area contributed by atoms with Gasteiger partial charge in [0.1, 0.15) is 10.8 Å². The molecular weight excluding hydrogens is 406 g/mol. The summed E-state index contributed by atoms with van der Waals surface area (Å²) in [6.07, 6.45) is 3.99. The van der Waals surface area contributed by atoms with E-state index in [2.05, 4.69) is 40.3 Å². The standard InChI is InChI=1S/C25H29N3O2S/c1-18-8-6-11-21(23(18)30-2)17-28-14-7-12-20(16-28)22(25-26-13-15-31-25)27-24(29)19-9-4-3-5-10-19/h3-6,8-11,13,15,20,22H,7,12,14,16-17H2,1-2H3,(H,27,29)/t20-,22+/m1/s1. The first kappa shape index (κ1) is 21.5. The Hall–Kier alpha value is -2.70. The highest BCUT2D eigenvalue weighted by molar-refractivity contribution is 7.09. The normalized spacial score (nSPS) is 17.8. The fourth-order valence-corrected chi connectivity index (χ4v) is 5.24. The van der Waals surface area contributed by atoms with Gasteiger partial charge in [-0.1, -0.05) is 36.4 Å². The third kappa shape index (κ3) is 5.14. The second-order valence-corrected chi connectivity index (χ2v) is 9.02. The van der Waals surface area contributed by atoms with Gasteiger partial charge in [-0.2, -0.15) is 0 Å². The zero-order valence-corrected chi connectivity index (χ0v) is 18.9. The number of nitrogens with one attached hydrogen (secondary N) is 1. The van der Waals surface area contributed by atoms with E-state index < -0.39 is 0 Å². The molecule has 4 rings (SSSR count). The van der Waals surface area contributed by atoms with E-state index in [9.17, 15) is 4.79 Å². The van der Waals surface area contributed by atoms with E-state index in [0.717, 1.165) is 48.8 Å². The highest BCUT2D eigenvalue weighted by atomic mass is 32.1.